The lowest BCUT2D eigenvalue weighted by molar-refractivity contribution is 0.300. The molecule has 1 unspecified atom stereocenters. The summed E-state index contributed by atoms with van der Waals surface area (Å²) in [7, 11) is -4.47. The summed E-state index contributed by atoms with van der Waals surface area (Å²) in [5.41, 5.74) is 0. The Morgan fingerprint density at radius 1 is 1.67 bits per heavy atom. The third-order valence-corrected chi connectivity index (χ3v) is 5.74. The Balaban J connectivity index is 3.37. The molecule has 0 aliphatic rings. The molecule has 4 N–H and O–H groups in total. The Morgan fingerprint density at radius 3 is 2.67 bits per heavy atom. The number of nitrogens with one attached hydrogen (secondary N) is 1. The topological polar surface area (TPSA) is 105 Å². The van der Waals surface area contributed by atoms with Crippen molar-refractivity contribution in [1.82, 2.24) is 4.98 Å². The molecule has 1 rings (SSSR count). The summed E-state index contributed by atoms with van der Waals surface area (Å²) in [5, 5.41) is 8.88. The predicted octanol–water partition coefficient (Wildman–Crippen LogP) is -0.160. The maximum atomic E-state index is 11.3. The standard InChI is InChI=1S/C6H11ClN3O3S2/c1-15(12,13)6-9-5(7)4(2-3-11)14(6)10-8/h10-11H,2-3,8H2,1H3/q+1. The molecule has 0 aromatic carbocycles. The first kappa shape index (κ1) is 12.8. The first-order chi connectivity index (χ1) is 6.91. The van der Waals surface area contributed by atoms with Crippen LogP contribution in [0.25, 0.3) is 0 Å². The van der Waals surface area contributed by atoms with Crippen molar-refractivity contribution in [2.24, 2.45) is 5.84 Å². The Kier molecular flexibility index (Phi) is 4.04. The summed E-state index contributed by atoms with van der Waals surface area (Å²) >= 11 is 5.76. The molecule has 86 valence electrons. The number of hydrogen-bond donors (Lipinski definition) is 3. The van der Waals surface area contributed by atoms with Crippen molar-refractivity contribution < 1.29 is 13.5 Å². The fraction of sp³-hybridized carbons (Fsp3) is 0.500. The van der Waals surface area contributed by atoms with E-state index in [-0.39, 0.29) is 22.5 Å². The lowest BCUT2D eigenvalue weighted by Gasteiger charge is -1.92. The van der Waals surface area contributed by atoms with Gasteiger partial charge < -0.3 is 5.11 Å². The van der Waals surface area contributed by atoms with Gasteiger partial charge in [0.1, 0.15) is 10.7 Å². The van der Waals surface area contributed by atoms with Gasteiger partial charge in [-0.05, 0) is 4.83 Å². The molecule has 0 radical (unpaired) electrons. The van der Waals surface area contributed by atoms with Gasteiger partial charge in [-0.15, -0.1) is 0 Å². The number of nitrogen functional groups attached to an aromatic ring is 1. The minimum absolute atomic E-state index is 0.0848. The van der Waals surface area contributed by atoms with E-state index in [0.29, 0.717) is 4.88 Å². The van der Waals surface area contributed by atoms with Crippen molar-refractivity contribution in [1.29, 1.82) is 0 Å². The molecule has 6 nitrogen and oxygen atoms in total. The number of hydrazine groups is 1. The molecular weight excluding hydrogens is 262 g/mol. The van der Waals surface area contributed by atoms with Gasteiger partial charge in [0.05, 0.1) is 19.3 Å². The highest BCUT2D eigenvalue weighted by molar-refractivity contribution is 7.93. The molecule has 0 saturated carbocycles. The first-order valence-electron chi connectivity index (χ1n) is 3.90. The number of rotatable bonds is 4. The van der Waals surface area contributed by atoms with Crippen LogP contribution in [0.2, 0.25) is 5.15 Å². The van der Waals surface area contributed by atoms with Gasteiger partial charge in [-0.25, -0.2) is 14.3 Å². The summed E-state index contributed by atoms with van der Waals surface area (Å²) in [5.74, 6) is 5.25. The van der Waals surface area contributed by atoms with E-state index >= 15 is 0 Å². The second-order valence-electron chi connectivity index (χ2n) is 2.76. The number of halogens is 1. The largest absolute Gasteiger partial charge is 0.396 e. The third kappa shape index (κ3) is 2.65. The van der Waals surface area contributed by atoms with Crippen molar-refractivity contribution >= 4 is 32.1 Å². The van der Waals surface area contributed by atoms with Gasteiger partial charge in [0.25, 0.3) is 0 Å². The normalized spacial score (nSPS) is 13.2. The summed E-state index contributed by atoms with van der Waals surface area (Å²) < 4.78 is 22.6. The number of hydrogen-bond acceptors (Lipinski definition) is 6. The number of nitrogens with zero attached hydrogens (tertiary/aromatic N) is 1. The highest BCUT2D eigenvalue weighted by Crippen LogP contribution is 2.34. The molecule has 0 bridgehead atoms. The molecule has 0 aliphatic carbocycles. The minimum Gasteiger partial charge on any atom is -0.396 e. The van der Waals surface area contributed by atoms with Gasteiger partial charge >= 0.3 is 4.34 Å². The highest BCUT2D eigenvalue weighted by atomic mass is 35.5. The fourth-order valence-electron chi connectivity index (χ4n) is 1.04. The maximum absolute atomic E-state index is 11.3. The van der Waals surface area contributed by atoms with E-state index in [4.69, 9.17) is 22.6 Å². The van der Waals surface area contributed by atoms with E-state index in [1.807, 2.05) is 0 Å². The number of aliphatic hydroxyl groups is 1. The SMILES string of the molecule is CS(=O)(=O)c1nc(Cl)c(CCO)[s+]1NN. The van der Waals surface area contributed by atoms with E-state index in [1.54, 1.807) is 0 Å². The van der Waals surface area contributed by atoms with Crippen LogP contribution >= 0.6 is 22.3 Å². The Hall–Kier alpha value is -0.250. The van der Waals surface area contributed by atoms with Crippen LogP contribution in [-0.4, -0.2) is 31.4 Å². The highest BCUT2D eigenvalue weighted by Gasteiger charge is 2.33. The second kappa shape index (κ2) is 4.73. The lowest BCUT2D eigenvalue weighted by atomic mass is 10.4. The molecule has 1 atom stereocenters. The zero-order valence-corrected chi connectivity index (χ0v) is 10.3. The molecule has 0 saturated heterocycles. The van der Waals surface area contributed by atoms with Crippen molar-refractivity contribution in [3.8, 4) is 0 Å². The number of thiazole rings is 1. The van der Waals surface area contributed by atoms with Gasteiger partial charge in [0, 0.05) is 0 Å². The minimum atomic E-state index is -3.44. The van der Waals surface area contributed by atoms with E-state index in [9.17, 15) is 8.42 Å². The zero-order chi connectivity index (χ0) is 11.6. The van der Waals surface area contributed by atoms with Gasteiger partial charge in [0.15, 0.2) is 5.15 Å². The van der Waals surface area contributed by atoms with Crippen LogP contribution in [0, 0.1) is 0 Å². The molecule has 1 aromatic rings. The molecule has 9 heteroatoms. The van der Waals surface area contributed by atoms with E-state index < -0.39 is 20.5 Å². The van der Waals surface area contributed by atoms with Gasteiger partial charge in [-0.2, -0.15) is 4.98 Å². The molecular formula is C6H11ClN3O3S2+. The monoisotopic (exact) mass is 272 g/mol. The number of sulfone groups is 1. The van der Waals surface area contributed by atoms with Gasteiger partial charge in [0.2, 0.25) is 14.7 Å². The van der Waals surface area contributed by atoms with Gasteiger partial charge in [-0.1, -0.05) is 11.6 Å². The van der Waals surface area contributed by atoms with Crippen LogP contribution in [0.15, 0.2) is 4.34 Å². The summed E-state index contributed by atoms with van der Waals surface area (Å²) in [6.45, 7) is -0.136. The maximum Gasteiger partial charge on any atom is 0.383 e. The Morgan fingerprint density at radius 2 is 2.27 bits per heavy atom. The average Bonchev–Trinajstić information content (AvgIpc) is 2.44. The number of nitrogens with two attached hydrogens (primary N) is 1. The predicted molar refractivity (Wildman–Crippen MR) is 59.2 cm³/mol. The molecule has 1 heterocycles. The van der Waals surface area contributed by atoms with Crippen molar-refractivity contribution in [2.45, 2.75) is 10.8 Å². The van der Waals surface area contributed by atoms with Crippen molar-refractivity contribution in [3.63, 3.8) is 0 Å². The van der Waals surface area contributed by atoms with Crippen molar-refractivity contribution in [2.75, 3.05) is 17.7 Å². The van der Waals surface area contributed by atoms with Crippen LogP contribution in [0.5, 0.6) is 0 Å². The summed E-state index contributed by atoms with van der Waals surface area (Å²) in [6.07, 6.45) is 1.28. The second-order valence-corrected chi connectivity index (χ2v) is 7.04. The molecule has 0 aliphatic heterocycles. The van der Waals surface area contributed by atoms with Crippen LogP contribution < -0.4 is 10.7 Å². The lowest BCUT2D eigenvalue weighted by Crippen LogP contribution is -2.10. The fourth-order valence-corrected chi connectivity index (χ4v) is 4.61. The summed E-state index contributed by atoms with van der Waals surface area (Å²) in [4.78, 5) is 6.61. The summed E-state index contributed by atoms with van der Waals surface area (Å²) in [6, 6.07) is 0. The molecule has 0 fully saturated rings. The van der Waals surface area contributed by atoms with E-state index in [2.05, 4.69) is 9.82 Å². The van der Waals surface area contributed by atoms with E-state index in [1.165, 1.54) is 0 Å². The Labute approximate surface area is 95.1 Å². The molecule has 15 heavy (non-hydrogen) atoms. The van der Waals surface area contributed by atoms with Crippen LogP contribution in [0.3, 0.4) is 0 Å². The van der Waals surface area contributed by atoms with Crippen LogP contribution in [0.1, 0.15) is 4.88 Å². The molecule has 0 amide bonds. The smallest absolute Gasteiger partial charge is 0.383 e. The number of aromatic nitrogens is 1. The van der Waals surface area contributed by atoms with Gasteiger partial charge in [-0.3, -0.25) is 0 Å². The van der Waals surface area contributed by atoms with Crippen LogP contribution in [-0.2, 0) is 16.3 Å². The quantitative estimate of drug-likeness (QED) is 0.400. The first-order valence-corrected chi connectivity index (χ1v) is 7.40. The average molecular weight is 273 g/mol. The third-order valence-electron chi connectivity index (χ3n) is 1.61. The molecule has 0 spiro atoms. The zero-order valence-electron chi connectivity index (χ0n) is 7.90. The van der Waals surface area contributed by atoms with Crippen LogP contribution in [0.4, 0.5) is 0 Å². The molecule has 1 aromatic heterocycles. The Bertz CT molecular complexity index is 456. The van der Waals surface area contributed by atoms with Crippen molar-refractivity contribution in [3.05, 3.63) is 10.0 Å². The number of aliphatic hydroxyl groups excluding tert-OH is 1. The van der Waals surface area contributed by atoms with E-state index in [0.717, 1.165) is 6.26 Å².